The van der Waals surface area contributed by atoms with Gasteiger partial charge in [0.2, 0.25) is 0 Å². The Balaban J connectivity index is 1.23. The van der Waals surface area contributed by atoms with Gasteiger partial charge in [-0.2, -0.15) is 0 Å². The van der Waals surface area contributed by atoms with Gasteiger partial charge in [0.05, 0.1) is 24.1 Å². The Labute approximate surface area is 179 Å². The van der Waals surface area contributed by atoms with Gasteiger partial charge < -0.3 is 9.88 Å². The zero-order valence-electron chi connectivity index (χ0n) is 17.4. The van der Waals surface area contributed by atoms with Crippen molar-refractivity contribution in [3.63, 3.8) is 0 Å². The van der Waals surface area contributed by atoms with Gasteiger partial charge in [0.25, 0.3) is 5.91 Å². The largest absolute Gasteiger partial charge is 0.352 e. The highest BCUT2D eigenvalue weighted by Gasteiger charge is 2.17. The molecule has 0 spiro atoms. The molecule has 0 fully saturated rings. The third kappa shape index (κ3) is 4.01. The molecule has 31 heavy (non-hydrogen) atoms. The number of rotatable bonds is 6. The Bertz CT molecular complexity index is 1250. The lowest BCUT2D eigenvalue weighted by Crippen LogP contribution is -2.26. The molecule has 0 saturated heterocycles. The minimum absolute atomic E-state index is 0.174. The van der Waals surface area contributed by atoms with Crippen LogP contribution in [0.4, 0.5) is 0 Å². The normalized spacial score (nSPS) is 12.8. The fourth-order valence-corrected chi connectivity index (χ4v) is 4.04. The molecule has 1 amide bonds. The first kappa shape index (κ1) is 19.3. The number of imidazole rings is 1. The maximum absolute atomic E-state index is 12.6. The Morgan fingerprint density at radius 2 is 2.10 bits per heavy atom. The van der Waals surface area contributed by atoms with Crippen molar-refractivity contribution in [2.24, 2.45) is 0 Å². The average molecular weight is 413 g/mol. The van der Waals surface area contributed by atoms with Crippen molar-refractivity contribution in [3.05, 3.63) is 77.0 Å². The summed E-state index contributed by atoms with van der Waals surface area (Å²) in [6.45, 7) is 3.10. The van der Waals surface area contributed by atoms with Crippen molar-refractivity contribution < 1.29 is 4.79 Å². The van der Waals surface area contributed by atoms with Crippen LogP contribution in [0.15, 0.2) is 43.0 Å². The van der Waals surface area contributed by atoms with Crippen LogP contribution in [0.1, 0.15) is 45.2 Å². The standard InChI is InChI=1S/C23H23N7O/c1-15-18-6-4-7-19(18)29-21(28-15)8-10-25-23(31)16-11-20-22(26-12-16)30(14-27-20)13-17-5-2-3-9-24-17/h2-3,5,9,11-12,14H,4,6-8,10,13H2,1H3,(H,25,31). The highest BCUT2D eigenvalue weighted by atomic mass is 16.1. The minimum atomic E-state index is -0.174. The molecule has 8 heteroatoms. The summed E-state index contributed by atoms with van der Waals surface area (Å²) in [6.07, 6.45) is 8.93. The second kappa shape index (κ2) is 8.22. The van der Waals surface area contributed by atoms with Crippen molar-refractivity contribution in [2.45, 2.75) is 39.2 Å². The van der Waals surface area contributed by atoms with Crippen LogP contribution >= 0.6 is 0 Å². The first-order chi connectivity index (χ1) is 15.2. The van der Waals surface area contributed by atoms with Crippen molar-refractivity contribution in [1.82, 2.24) is 34.8 Å². The highest BCUT2D eigenvalue weighted by molar-refractivity contribution is 5.96. The van der Waals surface area contributed by atoms with Crippen LogP contribution in [0.5, 0.6) is 0 Å². The second-order valence-electron chi connectivity index (χ2n) is 7.77. The fraction of sp³-hybridized carbons (Fsp3) is 0.304. The van der Waals surface area contributed by atoms with Gasteiger partial charge in [-0.05, 0) is 49.9 Å². The molecule has 0 bridgehead atoms. The predicted octanol–water partition coefficient (Wildman–Crippen LogP) is 2.43. The lowest BCUT2D eigenvalue weighted by atomic mass is 10.2. The van der Waals surface area contributed by atoms with E-state index >= 15 is 0 Å². The fourth-order valence-electron chi connectivity index (χ4n) is 4.04. The molecule has 0 saturated carbocycles. The molecule has 0 aromatic carbocycles. The molecule has 1 aliphatic rings. The van der Waals surface area contributed by atoms with E-state index in [1.165, 1.54) is 11.3 Å². The summed E-state index contributed by atoms with van der Waals surface area (Å²) in [6, 6.07) is 7.56. The number of nitrogens with one attached hydrogen (secondary N) is 1. The van der Waals surface area contributed by atoms with E-state index in [0.717, 1.165) is 42.1 Å². The molecule has 0 aliphatic heterocycles. The first-order valence-corrected chi connectivity index (χ1v) is 10.5. The molecule has 8 nitrogen and oxygen atoms in total. The molecule has 0 unspecified atom stereocenters. The van der Waals surface area contributed by atoms with Crippen molar-refractivity contribution in [1.29, 1.82) is 0 Å². The van der Waals surface area contributed by atoms with Gasteiger partial charge in [-0.25, -0.2) is 19.9 Å². The Morgan fingerprint density at radius 3 is 2.97 bits per heavy atom. The predicted molar refractivity (Wildman–Crippen MR) is 116 cm³/mol. The van der Waals surface area contributed by atoms with Gasteiger partial charge in [-0.1, -0.05) is 6.07 Å². The van der Waals surface area contributed by atoms with Gasteiger partial charge in [-0.15, -0.1) is 0 Å². The van der Waals surface area contributed by atoms with Crippen molar-refractivity contribution in [2.75, 3.05) is 6.54 Å². The Kier molecular flexibility index (Phi) is 5.11. The van der Waals surface area contributed by atoms with E-state index in [9.17, 15) is 4.79 Å². The molecule has 0 radical (unpaired) electrons. The van der Waals surface area contributed by atoms with Crippen LogP contribution in [0, 0.1) is 6.92 Å². The Hall–Kier alpha value is -3.68. The minimum Gasteiger partial charge on any atom is -0.352 e. The van der Waals surface area contributed by atoms with E-state index in [2.05, 4.69) is 30.2 Å². The molecular weight excluding hydrogens is 390 g/mol. The summed E-state index contributed by atoms with van der Waals surface area (Å²) in [7, 11) is 0. The van der Waals surface area contributed by atoms with Crippen LogP contribution in [-0.2, 0) is 25.8 Å². The maximum Gasteiger partial charge on any atom is 0.252 e. The number of hydrogen-bond donors (Lipinski definition) is 1. The molecule has 1 N–H and O–H groups in total. The van der Waals surface area contributed by atoms with Crippen molar-refractivity contribution in [3.8, 4) is 0 Å². The van der Waals surface area contributed by atoms with E-state index in [4.69, 9.17) is 0 Å². The van der Waals surface area contributed by atoms with Gasteiger partial charge in [0, 0.05) is 36.7 Å². The molecule has 5 rings (SSSR count). The quantitative estimate of drug-likeness (QED) is 0.521. The van der Waals surface area contributed by atoms with E-state index < -0.39 is 0 Å². The molecule has 0 atom stereocenters. The lowest BCUT2D eigenvalue weighted by Gasteiger charge is -2.08. The number of nitrogens with zero attached hydrogens (tertiary/aromatic N) is 6. The van der Waals surface area contributed by atoms with Crippen LogP contribution in [0.2, 0.25) is 0 Å². The van der Waals surface area contributed by atoms with Gasteiger partial charge in [0.1, 0.15) is 11.3 Å². The number of aryl methyl sites for hydroxylation is 2. The van der Waals surface area contributed by atoms with Gasteiger partial charge in [0.15, 0.2) is 5.65 Å². The molecule has 4 aromatic heterocycles. The van der Waals surface area contributed by atoms with Gasteiger partial charge in [-0.3, -0.25) is 9.78 Å². The number of aromatic nitrogens is 6. The summed E-state index contributed by atoms with van der Waals surface area (Å²) in [5, 5.41) is 2.94. The van der Waals surface area contributed by atoms with Crippen LogP contribution in [0.3, 0.4) is 0 Å². The summed E-state index contributed by atoms with van der Waals surface area (Å²) in [5.41, 5.74) is 6.36. The number of pyridine rings is 2. The number of hydrogen-bond acceptors (Lipinski definition) is 6. The average Bonchev–Trinajstić information content (AvgIpc) is 3.41. The van der Waals surface area contributed by atoms with Crippen molar-refractivity contribution >= 4 is 17.1 Å². The van der Waals surface area contributed by atoms with E-state index in [1.54, 1.807) is 24.8 Å². The van der Waals surface area contributed by atoms with Gasteiger partial charge >= 0.3 is 0 Å². The molecule has 4 heterocycles. The number of fused-ring (bicyclic) bond motifs is 2. The van der Waals surface area contributed by atoms with Crippen LogP contribution in [0.25, 0.3) is 11.2 Å². The maximum atomic E-state index is 12.6. The third-order valence-electron chi connectivity index (χ3n) is 5.60. The highest BCUT2D eigenvalue weighted by Crippen LogP contribution is 2.22. The zero-order chi connectivity index (χ0) is 21.2. The van der Waals surface area contributed by atoms with E-state index in [-0.39, 0.29) is 5.91 Å². The SMILES string of the molecule is Cc1nc(CCNC(=O)c2cnc3c(c2)ncn3Cc2ccccn2)nc2c1CCC2. The lowest BCUT2D eigenvalue weighted by molar-refractivity contribution is 0.0954. The summed E-state index contributed by atoms with van der Waals surface area (Å²) >= 11 is 0. The monoisotopic (exact) mass is 413 g/mol. The van der Waals surface area contributed by atoms with E-state index in [1.807, 2.05) is 29.7 Å². The first-order valence-electron chi connectivity index (χ1n) is 10.5. The number of carbonyl (C=O) groups is 1. The van der Waals surface area contributed by atoms with Crippen LogP contribution < -0.4 is 5.32 Å². The summed E-state index contributed by atoms with van der Waals surface area (Å²) in [4.78, 5) is 35.1. The zero-order valence-corrected chi connectivity index (χ0v) is 17.4. The number of carbonyl (C=O) groups excluding carboxylic acids is 1. The molecule has 1 aliphatic carbocycles. The molecular formula is C23H23N7O. The molecule has 156 valence electrons. The van der Waals surface area contributed by atoms with Crippen LogP contribution in [-0.4, -0.2) is 41.9 Å². The van der Waals surface area contributed by atoms with E-state index in [0.29, 0.717) is 30.6 Å². The summed E-state index contributed by atoms with van der Waals surface area (Å²) in [5.74, 6) is 0.617. The second-order valence-corrected chi connectivity index (χ2v) is 7.77. The number of amides is 1. The third-order valence-corrected chi connectivity index (χ3v) is 5.60. The molecule has 4 aromatic rings. The Morgan fingerprint density at radius 1 is 1.16 bits per heavy atom. The summed E-state index contributed by atoms with van der Waals surface area (Å²) < 4.78 is 1.92. The topological polar surface area (TPSA) is 98.5 Å². The smallest absolute Gasteiger partial charge is 0.252 e.